The molecule has 0 aliphatic heterocycles. The molecule has 2 aromatic carbocycles. The largest absolute Gasteiger partial charge is 0.0898 e. The molecule has 0 bridgehead atoms. The highest BCUT2D eigenvalue weighted by Crippen LogP contribution is 2.35. The summed E-state index contributed by atoms with van der Waals surface area (Å²) in [6.07, 6.45) is 0. The van der Waals surface area contributed by atoms with Gasteiger partial charge in [0.25, 0.3) is 0 Å². The maximum absolute atomic E-state index is 6.03. The Labute approximate surface area is 116 Å². The molecular weight excluding hydrogens is 271 g/mol. The van der Waals surface area contributed by atoms with Crippen molar-refractivity contribution in [3.63, 3.8) is 0 Å². The lowest BCUT2D eigenvalue weighted by molar-refractivity contribution is 1.29. The minimum atomic E-state index is 0.604. The quantitative estimate of drug-likeness (QED) is 0.675. The summed E-state index contributed by atoms with van der Waals surface area (Å²) in [5.41, 5.74) is 2.41. The van der Waals surface area contributed by atoms with Crippen LogP contribution in [0.25, 0.3) is 0 Å². The van der Waals surface area contributed by atoms with E-state index >= 15 is 0 Å². The van der Waals surface area contributed by atoms with E-state index in [9.17, 15) is 0 Å². The first kappa shape index (κ1) is 12.8. The minimum Gasteiger partial charge on any atom is -0.0898 e. The Morgan fingerprint density at radius 2 is 1.47 bits per heavy atom. The van der Waals surface area contributed by atoms with Gasteiger partial charge in [0.1, 0.15) is 0 Å². The van der Waals surface area contributed by atoms with Gasteiger partial charge in [-0.05, 0) is 43.7 Å². The van der Waals surface area contributed by atoms with Gasteiger partial charge in [-0.2, -0.15) is 0 Å². The second-order valence-electron chi connectivity index (χ2n) is 3.95. The van der Waals surface area contributed by atoms with Crippen molar-refractivity contribution in [1.29, 1.82) is 0 Å². The molecule has 0 fully saturated rings. The number of aryl methyl sites for hydroxylation is 2. The summed E-state index contributed by atoms with van der Waals surface area (Å²) in [5, 5.41) is 1.21. The Kier molecular flexibility index (Phi) is 4.03. The molecule has 0 unspecified atom stereocenters. The van der Waals surface area contributed by atoms with E-state index in [-0.39, 0.29) is 0 Å². The van der Waals surface area contributed by atoms with Crippen molar-refractivity contribution in [2.75, 3.05) is 0 Å². The number of hydrogen-bond acceptors (Lipinski definition) is 1. The van der Waals surface area contributed by atoms with Gasteiger partial charge in [0.2, 0.25) is 0 Å². The van der Waals surface area contributed by atoms with E-state index < -0.39 is 0 Å². The van der Waals surface area contributed by atoms with Gasteiger partial charge in [0, 0.05) is 9.79 Å². The zero-order valence-corrected chi connectivity index (χ0v) is 12.0. The average molecular weight is 283 g/mol. The Morgan fingerprint density at radius 3 is 2.12 bits per heavy atom. The molecule has 17 heavy (non-hydrogen) atoms. The Morgan fingerprint density at radius 1 is 0.882 bits per heavy atom. The lowest BCUT2D eigenvalue weighted by atomic mass is 10.2. The first-order chi connectivity index (χ1) is 8.06. The van der Waals surface area contributed by atoms with Crippen LogP contribution in [-0.4, -0.2) is 0 Å². The summed E-state index contributed by atoms with van der Waals surface area (Å²) in [7, 11) is 0. The van der Waals surface area contributed by atoms with Crippen LogP contribution in [0.3, 0.4) is 0 Å². The van der Waals surface area contributed by atoms with Gasteiger partial charge in [-0.3, -0.25) is 0 Å². The van der Waals surface area contributed by atoms with Crippen molar-refractivity contribution >= 4 is 35.0 Å². The van der Waals surface area contributed by atoms with E-state index in [1.807, 2.05) is 19.1 Å². The van der Waals surface area contributed by atoms with Gasteiger partial charge >= 0.3 is 0 Å². The summed E-state index contributed by atoms with van der Waals surface area (Å²) < 4.78 is 0. The normalized spacial score (nSPS) is 10.6. The molecule has 0 aliphatic rings. The Balaban J connectivity index is 2.30. The van der Waals surface area contributed by atoms with Crippen LogP contribution in [0.2, 0.25) is 10.0 Å². The Hall–Kier alpha value is -0.630. The van der Waals surface area contributed by atoms with Gasteiger partial charge < -0.3 is 0 Å². The minimum absolute atomic E-state index is 0.604. The second kappa shape index (κ2) is 5.34. The fourth-order valence-corrected chi connectivity index (χ4v) is 2.84. The van der Waals surface area contributed by atoms with Crippen LogP contribution in [0.15, 0.2) is 46.2 Å². The molecule has 0 aromatic heterocycles. The molecule has 3 heteroatoms. The summed E-state index contributed by atoms with van der Waals surface area (Å²) in [4.78, 5) is 2.35. The summed E-state index contributed by atoms with van der Waals surface area (Å²) in [5.74, 6) is 0. The van der Waals surface area contributed by atoms with Crippen molar-refractivity contribution in [1.82, 2.24) is 0 Å². The van der Waals surface area contributed by atoms with Crippen LogP contribution in [0.1, 0.15) is 11.1 Å². The third kappa shape index (κ3) is 3.19. The third-order valence-corrected chi connectivity index (χ3v) is 4.36. The molecule has 0 spiro atoms. The molecule has 0 radical (unpaired) electrons. The zero-order valence-electron chi connectivity index (χ0n) is 9.63. The molecule has 2 aromatic rings. The van der Waals surface area contributed by atoms with Crippen molar-refractivity contribution < 1.29 is 0 Å². The van der Waals surface area contributed by atoms with E-state index in [2.05, 4.69) is 31.2 Å². The summed E-state index contributed by atoms with van der Waals surface area (Å²) in [6, 6.07) is 12.3. The molecule has 2 rings (SSSR count). The zero-order chi connectivity index (χ0) is 12.4. The summed E-state index contributed by atoms with van der Waals surface area (Å²) in [6.45, 7) is 4.12. The number of hydrogen-bond donors (Lipinski definition) is 0. The molecule has 0 N–H and O–H groups in total. The van der Waals surface area contributed by atoms with Crippen LogP contribution in [0.4, 0.5) is 0 Å². The van der Waals surface area contributed by atoms with E-state index in [0.29, 0.717) is 10.0 Å². The molecule has 0 saturated heterocycles. The maximum Gasteiger partial charge on any atom is 0.0603 e. The molecule has 0 amide bonds. The van der Waals surface area contributed by atoms with Gasteiger partial charge in [-0.1, -0.05) is 52.7 Å². The summed E-state index contributed by atoms with van der Waals surface area (Å²) >= 11 is 13.7. The third-order valence-electron chi connectivity index (χ3n) is 2.47. The van der Waals surface area contributed by atoms with Crippen LogP contribution in [0.5, 0.6) is 0 Å². The van der Waals surface area contributed by atoms with E-state index in [4.69, 9.17) is 23.2 Å². The van der Waals surface area contributed by atoms with Crippen LogP contribution in [-0.2, 0) is 0 Å². The molecule has 0 saturated carbocycles. The molecule has 0 nitrogen and oxygen atoms in total. The first-order valence-corrected chi connectivity index (χ1v) is 6.83. The van der Waals surface area contributed by atoms with Crippen LogP contribution in [0, 0.1) is 13.8 Å². The maximum atomic E-state index is 6.03. The predicted molar refractivity (Wildman–Crippen MR) is 76.5 cm³/mol. The molecule has 0 aliphatic carbocycles. The van der Waals surface area contributed by atoms with Gasteiger partial charge in [-0.25, -0.2) is 0 Å². The van der Waals surface area contributed by atoms with Crippen molar-refractivity contribution in [2.45, 2.75) is 23.6 Å². The van der Waals surface area contributed by atoms with Crippen molar-refractivity contribution in [3.05, 3.63) is 57.6 Å². The fraction of sp³-hybridized carbons (Fsp3) is 0.143. The average Bonchev–Trinajstić information content (AvgIpc) is 2.29. The fourth-order valence-electron chi connectivity index (χ4n) is 1.47. The number of benzene rings is 2. The van der Waals surface area contributed by atoms with Gasteiger partial charge in [-0.15, -0.1) is 0 Å². The van der Waals surface area contributed by atoms with Gasteiger partial charge in [0.05, 0.1) is 10.0 Å². The van der Waals surface area contributed by atoms with Crippen molar-refractivity contribution in [2.24, 2.45) is 0 Å². The highest BCUT2D eigenvalue weighted by molar-refractivity contribution is 7.99. The number of halogens is 2. The molecule has 0 atom stereocenters. The topological polar surface area (TPSA) is 0 Å². The predicted octanol–water partition coefficient (Wildman–Crippen LogP) is 5.76. The smallest absolute Gasteiger partial charge is 0.0603 e. The standard InChI is InChI=1S/C14H12Cl2S/c1-9-3-5-11(6-4-9)17-14-8-13(16)12(15)7-10(14)2/h3-8H,1-2H3. The SMILES string of the molecule is Cc1ccc(Sc2cc(Cl)c(Cl)cc2C)cc1. The Bertz CT molecular complexity index is 533. The highest BCUT2D eigenvalue weighted by atomic mass is 35.5. The monoisotopic (exact) mass is 282 g/mol. The highest BCUT2D eigenvalue weighted by Gasteiger charge is 2.06. The van der Waals surface area contributed by atoms with Crippen molar-refractivity contribution in [3.8, 4) is 0 Å². The molecule has 0 heterocycles. The molecule has 88 valence electrons. The second-order valence-corrected chi connectivity index (χ2v) is 5.88. The van der Waals surface area contributed by atoms with Crippen LogP contribution >= 0.6 is 35.0 Å². The van der Waals surface area contributed by atoms with Gasteiger partial charge in [0.15, 0.2) is 0 Å². The first-order valence-electron chi connectivity index (χ1n) is 5.26. The van der Waals surface area contributed by atoms with E-state index in [1.54, 1.807) is 11.8 Å². The van der Waals surface area contributed by atoms with E-state index in [0.717, 1.165) is 10.5 Å². The number of rotatable bonds is 2. The van der Waals surface area contributed by atoms with Crippen LogP contribution < -0.4 is 0 Å². The molecular formula is C14H12Cl2S. The lowest BCUT2D eigenvalue weighted by Crippen LogP contribution is -1.82. The lowest BCUT2D eigenvalue weighted by Gasteiger charge is -2.07. The van der Waals surface area contributed by atoms with E-state index in [1.165, 1.54) is 10.5 Å².